The third-order valence-electron chi connectivity index (χ3n) is 9.40. The Morgan fingerprint density at radius 3 is 2.45 bits per heavy atom. The van der Waals surface area contributed by atoms with Gasteiger partial charge in [0.1, 0.15) is 11.6 Å². The Morgan fingerprint density at radius 1 is 1.24 bits per heavy atom. The van der Waals surface area contributed by atoms with Gasteiger partial charge in [-0.25, -0.2) is 0 Å². The third kappa shape index (κ3) is 6.53. The highest BCUT2D eigenvalue weighted by molar-refractivity contribution is 9.09. The van der Waals surface area contributed by atoms with Crippen LogP contribution in [0.25, 0.3) is 0 Å². The lowest BCUT2D eigenvalue weighted by Gasteiger charge is -2.47. The molecule has 0 aromatic carbocycles. The van der Waals surface area contributed by atoms with Crippen molar-refractivity contribution in [2.24, 2.45) is 23.2 Å². The van der Waals surface area contributed by atoms with Crippen molar-refractivity contribution in [3.8, 4) is 0 Å². The summed E-state index contributed by atoms with van der Waals surface area (Å²) in [5.41, 5.74) is -1.84. The molecule has 8 nitrogen and oxygen atoms in total. The first-order valence-corrected chi connectivity index (χ1v) is 16.5. The van der Waals surface area contributed by atoms with Crippen molar-refractivity contribution < 1.29 is 29.0 Å². The van der Waals surface area contributed by atoms with Crippen LogP contribution < -0.4 is 0 Å². The molecule has 42 heavy (non-hydrogen) atoms. The number of likely N-dealkylation sites (tertiary alicyclic amines) is 1. The Bertz CT molecular complexity index is 1020. The van der Waals surface area contributed by atoms with Gasteiger partial charge in [0.25, 0.3) is 0 Å². The number of nitrogens with zero attached hydrogens (tertiary/aromatic N) is 2. The molecule has 0 radical (unpaired) electrons. The number of hydrogen-bond acceptors (Lipinski definition) is 6. The summed E-state index contributed by atoms with van der Waals surface area (Å²) in [6.07, 6.45) is 7.19. The van der Waals surface area contributed by atoms with Gasteiger partial charge in [0, 0.05) is 16.9 Å². The maximum atomic E-state index is 14.9. The monoisotopic (exact) mass is 652 g/mol. The molecule has 238 valence electrons. The van der Waals surface area contributed by atoms with Gasteiger partial charge in [0.05, 0.1) is 37.2 Å². The molecule has 3 fully saturated rings. The number of alkyl halides is 1. The van der Waals surface area contributed by atoms with E-state index in [1.165, 1.54) is 0 Å². The van der Waals surface area contributed by atoms with Crippen LogP contribution in [0.4, 0.5) is 0 Å². The van der Waals surface area contributed by atoms with E-state index in [4.69, 9.17) is 9.47 Å². The fourth-order valence-corrected chi connectivity index (χ4v) is 8.70. The fraction of sp³-hybridized carbons (Fsp3) is 0.788. The summed E-state index contributed by atoms with van der Waals surface area (Å²) in [4.78, 5) is 46.2. The highest BCUT2D eigenvalue weighted by Gasteiger charge is 2.78. The Morgan fingerprint density at radius 2 is 1.90 bits per heavy atom. The molecule has 3 aliphatic heterocycles. The summed E-state index contributed by atoms with van der Waals surface area (Å²) >= 11 is 3.73. The largest absolute Gasteiger partial charge is 0.465 e. The molecular formula is C33H53BrN2O6. The van der Waals surface area contributed by atoms with Crippen LogP contribution in [0.3, 0.4) is 0 Å². The molecule has 3 heterocycles. The van der Waals surface area contributed by atoms with E-state index in [2.05, 4.69) is 49.9 Å². The Balaban J connectivity index is 2.10. The van der Waals surface area contributed by atoms with E-state index in [9.17, 15) is 19.5 Å². The van der Waals surface area contributed by atoms with Gasteiger partial charge in [0.15, 0.2) is 0 Å². The Kier molecular flexibility index (Phi) is 11.2. The normalized spacial score (nSPS) is 30.2. The topological polar surface area (TPSA) is 96.4 Å². The average Bonchev–Trinajstić information content (AvgIpc) is 3.49. The molecule has 3 aliphatic rings. The van der Waals surface area contributed by atoms with Crippen molar-refractivity contribution in [2.75, 3.05) is 19.8 Å². The lowest BCUT2D eigenvalue weighted by molar-refractivity contribution is -0.159. The molecule has 1 spiro atoms. The van der Waals surface area contributed by atoms with E-state index < -0.39 is 47.1 Å². The smallest absolute Gasteiger partial charge is 0.312 e. The van der Waals surface area contributed by atoms with Crippen LogP contribution in [0, 0.1) is 23.2 Å². The average molecular weight is 654 g/mol. The second-order valence-electron chi connectivity index (χ2n) is 14.3. The van der Waals surface area contributed by atoms with Crippen LogP contribution in [0.1, 0.15) is 87.0 Å². The number of halogens is 1. The molecule has 0 aromatic heterocycles. The lowest BCUT2D eigenvalue weighted by Crippen LogP contribution is -2.63. The molecule has 0 aromatic rings. The zero-order chi connectivity index (χ0) is 31.6. The second-order valence-corrected chi connectivity index (χ2v) is 15.5. The maximum Gasteiger partial charge on any atom is 0.312 e. The number of carbonyl (C=O) groups excluding carboxylic acids is 3. The molecule has 0 saturated carbocycles. The first kappa shape index (κ1) is 34.8. The highest BCUT2D eigenvalue weighted by Crippen LogP contribution is 2.61. The number of hydrogen-bond donors (Lipinski definition) is 1. The van der Waals surface area contributed by atoms with Gasteiger partial charge in [0.2, 0.25) is 11.8 Å². The van der Waals surface area contributed by atoms with Crippen LogP contribution in [0.2, 0.25) is 0 Å². The van der Waals surface area contributed by atoms with Crippen molar-refractivity contribution in [1.29, 1.82) is 0 Å². The predicted octanol–water partition coefficient (Wildman–Crippen LogP) is 5.27. The van der Waals surface area contributed by atoms with Crippen molar-refractivity contribution >= 4 is 33.7 Å². The van der Waals surface area contributed by atoms with Gasteiger partial charge in [-0.05, 0) is 57.3 Å². The number of esters is 1. The van der Waals surface area contributed by atoms with E-state index >= 15 is 0 Å². The number of carbonyl (C=O) groups is 3. The SMILES string of the molecule is C=CCCCCOC(=O)[C@H]1[C@H]2C(=O)N([C@@H](CO)[C@@H](C)CC)C(C(=O)N(CC=C)C(C)(C)CC(C)(C)C)C23CC(Br)[C@@H]1O3. The molecule has 9 heteroatoms. The van der Waals surface area contributed by atoms with Gasteiger partial charge in [-0.15, -0.1) is 13.2 Å². The Labute approximate surface area is 261 Å². The third-order valence-corrected chi connectivity index (χ3v) is 10.2. The molecular weight excluding hydrogens is 600 g/mol. The zero-order valence-corrected chi connectivity index (χ0v) is 28.3. The molecule has 2 amide bonds. The van der Waals surface area contributed by atoms with E-state index in [1.807, 2.05) is 38.7 Å². The number of ether oxygens (including phenoxy) is 2. The van der Waals surface area contributed by atoms with Crippen LogP contribution in [-0.2, 0) is 23.9 Å². The molecule has 3 rings (SSSR count). The summed E-state index contributed by atoms with van der Waals surface area (Å²) < 4.78 is 12.4. The summed E-state index contributed by atoms with van der Waals surface area (Å²) in [6, 6.07) is -1.59. The number of aliphatic hydroxyl groups is 1. The van der Waals surface area contributed by atoms with Crippen LogP contribution in [-0.4, -0.2) is 86.6 Å². The van der Waals surface area contributed by atoms with Gasteiger partial charge in [-0.3, -0.25) is 14.4 Å². The highest BCUT2D eigenvalue weighted by atomic mass is 79.9. The first-order valence-electron chi connectivity index (χ1n) is 15.6. The molecule has 3 saturated heterocycles. The quantitative estimate of drug-likeness (QED) is 0.112. The summed E-state index contributed by atoms with van der Waals surface area (Å²) in [6.45, 7) is 22.4. The minimum Gasteiger partial charge on any atom is -0.465 e. The molecule has 8 atom stereocenters. The van der Waals surface area contributed by atoms with Crippen molar-refractivity contribution in [3.63, 3.8) is 0 Å². The standard InChI is InChI=1S/C33H53BrN2O6/c1-10-13-14-15-17-41-30(40)24-25-28(38)36(23(19-37)21(4)12-3)27(33(25)18-22(34)26(24)42-33)29(39)35(16-11-2)32(8,9)20-31(5,6)7/h10-11,21-27,37H,1-2,12-20H2,3-9H3/t21-,22?,23-,24-,25-,26-,27?,33?/m0/s1. The Hall–Kier alpha value is -1.71. The molecule has 3 unspecified atom stereocenters. The molecule has 0 aliphatic carbocycles. The molecule has 2 bridgehead atoms. The van der Waals surface area contributed by atoms with E-state index in [0.717, 1.165) is 19.3 Å². The minimum atomic E-state index is -1.21. The fourth-order valence-electron chi connectivity index (χ4n) is 7.75. The maximum absolute atomic E-state index is 14.9. The van der Waals surface area contributed by atoms with Gasteiger partial charge >= 0.3 is 5.97 Å². The van der Waals surface area contributed by atoms with E-state index in [0.29, 0.717) is 25.8 Å². The minimum absolute atomic E-state index is 0.0661. The second kappa shape index (κ2) is 13.5. The van der Waals surface area contributed by atoms with E-state index in [-0.39, 0.29) is 41.2 Å². The molecule has 1 N–H and O–H groups in total. The number of aliphatic hydroxyl groups excluding tert-OH is 1. The summed E-state index contributed by atoms with van der Waals surface area (Å²) in [5.74, 6) is -2.78. The van der Waals surface area contributed by atoms with Crippen LogP contribution in [0.5, 0.6) is 0 Å². The predicted molar refractivity (Wildman–Crippen MR) is 168 cm³/mol. The van der Waals surface area contributed by atoms with Gasteiger partial charge in [-0.1, -0.05) is 69.1 Å². The summed E-state index contributed by atoms with van der Waals surface area (Å²) in [5, 5.41) is 10.6. The number of allylic oxidation sites excluding steroid dienone is 1. The van der Waals surface area contributed by atoms with E-state index in [1.54, 1.807) is 11.0 Å². The van der Waals surface area contributed by atoms with Crippen LogP contribution >= 0.6 is 15.9 Å². The number of rotatable bonds is 15. The van der Waals surface area contributed by atoms with Gasteiger partial charge in [-0.2, -0.15) is 0 Å². The number of fused-ring (bicyclic) bond motifs is 1. The van der Waals surface area contributed by atoms with Crippen LogP contribution in [0.15, 0.2) is 25.3 Å². The zero-order valence-electron chi connectivity index (χ0n) is 26.7. The van der Waals surface area contributed by atoms with Crippen molar-refractivity contribution in [2.45, 2.75) is 121 Å². The number of amides is 2. The number of unbranched alkanes of at least 4 members (excludes halogenated alkanes) is 2. The summed E-state index contributed by atoms with van der Waals surface area (Å²) in [7, 11) is 0. The van der Waals surface area contributed by atoms with Crippen molar-refractivity contribution in [3.05, 3.63) is 25.3 Å². The first-order chi connectivity index (χ1) is 19.6. The van der Waals surface area contributed by atoms with Crippen molar-refractivity contribution in [1.82, 2.24) is 9.80 Å². The lowest BCUT2D eigenvalue weighted by atomic mass is 9.70. The van der Waals surface area contributed by atoms with Gasteiger partial charge < -0.3 is 24.4 Å².